The Bertz CT molecular complexity index is 878. The molecule has 0 aliphatic rings. The first-order chi connectivity index (χ1) is 17.8. The van der Waals surface area contributed by atoms with Crippen molar-refractivity contribution in [3.63, 3.8) is 0 Å². The molecule has 0 spiro atoms. The predicted molar refractivity (Wildman–Crippen MR) is 142 cm³/mol. The Morgan fingerprint density at radius 3 is 2.18 bits per heavy atom. The fourth-order valence-electron chi connectivity index (χ4n) is 3.11. The third kappa shape index (κ3) is 24.4. The summed E-state index contributed by atoms with van der Waals surface area (Å²) in [6, 6.07) is 6.86. The normalized spacial score (nSPS) is 9.79. The van der Waals surface area contributed by atoms with Gasteiger partial charge in [-0.25, -0.2) is 0 Å². The van der Waals surface area contributed by atoms with E-state index in [2.05, 4.69) is 26.6 Å². The van der Waals surface area contributed by atoms with Crippen LogP contribution in [0.2, 0.25) is 0 Å². The van der Waals surface area contributed by atoms with Gasteiger partial charge in [0.05, 0.1) is 18.9 Å². The molecule has 1 aromatic rings. The van der Waals surface area contributed by atoms with Crippen LogP contribution < -0.4 is 132 Å². The van der Waals surface area contributed by atoms with E-state index >= 15 is 0 Å². The van der Waals surface area contributed by atoms with Crippen LogP contribution in [0.15, 0.2) is 24.3 Å². The quantitative estimate of drug-likeness (QED) is 0.130. The summed E-state index contributed by atoms with van der Waals surface area (Å²) in [6.07, 6.45) is 4.06. The maximum Gasteiger partial charge on any atom is 1.00 e. The number of nitrogens with zero attached hydrogens (tertiary/aromatic N) is 2. The summed E-state index contributed by atoms with van der Waals surface area (Å²) in [5, 5.41) is 15.7. The number of rotatable bonds is 19. The van der Waals surface area contributed by atoms with Gasteiger partial charge in [-0.3, -0.25) is 14.4 Å². The van der Waals surface area contributed by atoms with Gasteiger partial charge >= 0.3 is 116 Å². The average Bonchev–Trinajstić information content (AvgIpc) is 2.87. The Kier molecular flexibility index (Phi) is 28.6. The van der Waals surface area contributed by atoms with Crippen molar-refractivity contribution in [2.24, 2.45) is 0 Å². The van der Waals surface area contributed by atoms with Crippen molar-refractivity contribution < 1.29 is 147 Å². The Labute approximate surface area is 330 Å². The molecule has 0 saturated heterocycles. The molecule has 0 aliphatic heterocycles. The van der Waals surface area contributed by atoms with E-state index in [4.69, 9.17) is 4.74 Å². The van der Waals surface area contributed by atoms with Crippen LogP contribution in [0.4, 0.5) is 4.79 Å². The zero-order valence-electron chi connectivity index (χ0n) is 23.8. The SMILES string of the molecule is CNC(=O)CCNC(=O)Cc1ccc(C[N-]C(=O)COCCC[N-]C(=O)NCCCCCC(C)=O)cc1.[HH].[Rb+].[Rb+]. The molecule has 0 bridgehead atoms. The van der Waals surface area contributed by atoms with Gasteiger partial charge < -0.3 is 40.9 Å². The summed E-state index contributed by atoms with van der Waals surface area (Å²) in [5.41, 5.74) is 1.65. The maximum atomic E-state index is 11.9. The minimum atomic E-state index is -0.376. The van der Waals surface area contributed by atoms with Crippen LogP contribution >= 0.6 is 0 Å². The molecule has 11 nitrogen and oxygen atoms in total. The smallest absolute Gasteiger partial charge is 0.648 e. The van der Waals surface area contributed by atoms with Gasteiger partial charge in [-0.05, 0) is 31.9 Å². The fourth-order valence-corrected chi connectivity index (χ4v) is 3.11. The zero-order valence-corrected chi connectivity index (χ0v) is 33.7. The second-order valence-electron chi connectivity index (χ2n) is 8.51. The van der Waals surface area contributed by atoms with E-state index in [1.807, 2.05) is 12.1 Å². The number of hydrogen-bond acceptors (Lipinski definition) is 6. The predicted octanol–water partition coefficient (Wildman–Crippen LogP) is -3.22. The van der Waals surface area contributed by atoms with Crippen LogP contribution in [-0.4, -0.2) is 69.4 Å². The molecule has 1 rings (SSSR count). The topological polar surface area (TPSA) is 159 Å². The van der Waals surface area contributed by atoms with Crippen LogP contribution in [0.5, 0.6) is 0 Å². The van der Waals surface area contributed by atoms with Gasteiger partial charge in [0, 0.05) is 34.5 Å². The molecule has 0 aromatic heterocycles. The number of unbranched alkanes of at least 4 members (excludes halogenated alkanes) is 2. The van der Waals surface area contributed by atoms with Crippen LogP contribution in [0, 0.1) is 0 Å². The number of Topliss-reactive ketones (excluding diaryl/α,β-unsaturated/α-hetero) is 1. The van der Waals surface area contributed by atoms with Crippen LogP contribution in [0.3, 0.4) is 0 Å². The third-order valence-electron chi connectivity index (χ3n) is 5.19. The van der Waals surface area contributed by atoms with Gasteiger partial charge in [-0.1, -0.05) is 49.2 Å². The molecule has 0 aliphatic carbocycles. The molecule has 1 aromatic carbocycles. The number of carbonyl (C=O) groups excluding carboxylic acids is 5. The monoisotopic (exact) mass is 689 g/mol. The average molecular weight is 691 g/mol. The first-order valence-electron chi connectivity index (χ1n) is 12.6. The number of benzene rings is 1. The van der Waals surface area contributed by atoms with Crippen molar-refractivity contribution in [3.8, 4) is 0 Å². The largest absolute Gasteiger partial charge is 1.00 e. The first-order valence-corrected chi connectivity index (χ1v) is 12.6. The number of carbonyl (C=O) groups is 5. The van der Waals surface area contributed by atoms with Gasteiger partial charge in [0.2, 0.25) is 11.8 Å². The van der Waals surface area contributed by atoms with Crippen molar-refractivity contribution >= 4 is 29.5 Å². The van der Waals surface area contributed by atoms with Crippen molar-refractivity contribution in [3.05, 3.63) is 46.0 Å². The van der Waals surface area contributed by atoms with E-state index < -0.39 is 0 Å². The molecule has 39 heavy (non-hydrogen) atoms. The minimum absolute atomic E-state index is 0. The summed E-state index contributed by atoms with van der Waals surface area (Å²) >= 11 is 0. The van der Waals surface area contributed by atoms with Gasteiger partial charge in [-0.2, -0.15) is 0 Å². The first kappa shape index (κ1) is 41.3. The molecule has 0 saturated carbocycles. The molecule has 5 amide bonds. The van der Waals surface area contributed by atoms with E-state index in [-0.39, 0.29) is 180 Å². The number of urea groups is 1. The van der Waals surface area contributed by atoms with Crippen molar-refractivity contribution in [1.29, 1.82) is 0 Å². The third-order valence-corrected chi connectivity index (χ3v) is 5.19. The molecule has 13 heteroatoms. The number of ketones is 1. The van der Waals surface area contributed by atoms with Crippen molar-refractivity contribution in [1.82, 2.24) is 16.0 Å². The molecule has 208 valence electrons. The molecule has 0 heterocycles. The van der Waals surface area contributed by atoms with E-state index in [9.17, 15) is 24.0 Å². The molecule has 0 atom stereocenters. The van der Waals surface area contributed by atoms with E-state index in [0.29, 0.717) is 32.5 Å². The number of amides is 5. The van der Waals surface area contributed by atoms with E-state index in [1.165, 1.54) is 0 Å². The van der Waals surface area contributed by atoms with Crippen LogP contribution in [0.25, 0.3) is 10.6 Å². The van der Waals surface area contributed by atoms with Gasteiger partial charge in [0.25, 0.3) is 0 Å². The molecule has 0 radical (unpaired) electrons. The summed E-state index contributed by atoms with van der Waals surface area (Å²) in [7, 11) is 1.55. The second kappa shape index (κ2) is 27.0. The Hall–Kier alpha value is 0.140. The Morgan fingerprint density at radius 2 is 1.51 bits per heavy atom. The standard InChI is InChI=1S/C26H41N5O6.2Rb.H2/c1-20(32)7-4-3-5-13-29-26(36)30-14-6-16-37-19-25(35)31-18-22-10-8-21(9-11-22)17-24(34)28-15-12-23(33)27-2;;;/h8-11H,3-7,12-19H2,1-2H3,(H5,27,28,29,30,31,33,34,35,36);;;1H/q;2*+1;/p-2. The van der Waals surface area contributed by atoms with E-state index in [1.54, 1.807) is 26.1 Å². The Balaban J connectivity index is -0.00000456. The van der Waals surface area contributed by atoms with Crippen LogP contribution in [-0.2, 0) is 36.9 Å². The van der Waals surface area contributed by atoms with Gasteiger partial charge in [-0.15, -0.1) is 6.54 Å². The fraction of sp³-hybridized carbons (Fsp3) is 0.577. The number of ether oxygens (including phenoxy) is 1. The molecule has 0 fully saturated rings. The second-order valence-corrected chi connectivity index (χ2v) is 8.51. The van der Waals surface area contributed by atoms with Gasteiger partial charge in [0.1, 0.15) is 5.78 Å². The molecule has 3 N–H and O–H groups in total. The molecular weight excluding hydrogens is 649 g/mol. The zero-order chi connectivity index (χ0) is 27.3. The van der Waals surface area contributed by atoms with E-state index in [0.717, 1.165) is 30.4 Å². The van der Waals surface area contributed by atoms with Crippen molar-refractivity contribution in [2.45, 2.75) is 58.4 Å². The van der Waals surface area contributed by atoms with Crippen molar-refractivity contribution in [2.75, 3.05) is 39.9 Å². The molecule has 0 unspecified atom stereocenters. The summed E-state index contributed by atoms with van der Waals surface area (Å²) in [4.78, 5) is 57.4. The maximum absolute atomic E-state index is 11.9. The summed E-state index contributed by atoms with van der Waals surface area (Å²) < 4.78 is 5.30. The number of nitrogens with one attached hydrogen (secondary N) is 3. The summed E-state index contributed by atoms with van der Waals surface area (Å²) in [6.45, 7) is 3.07. The Morgan fingerprint density at radius 1 is 0.821 bits per heavy atom. The number of hydrogen-bond donors (Lipinski definition) is 3. The van der Waals surface area contributed by atoms with Crippen LogP contribution in [0.1, 0.15) is 58.0 Å². The molecular formula is C26H41N5O6Rb2. The van der Waals surface area contributed by atoms with Gasteiger partial charge in [0.15, 0.2) is 6.03 Å². The summed E-state index contributed by atoms with van der Waals surface area (Å²) in [5.74, 6) is -0.493. The minimum Gasteiger partial charge on any atom is -0.648 e.